The lowest BCUT2D eigenvalue weighted by molar-refractivity contribution is -0.129. The third kappa shape index (κ3) is 3.12. The van der Waals surface area contributed by atoms with Crippen molar-refractivity contribution in [2.24, 2.45) is 35.5 Å². The summed E-state index contributed by atoms with van der Waals surface area (Å²) in [5.41, 5.74) is 1.18. The van der Waals surface area contributed by atoms with E-state index in [2.05, 4.69) is 36.5 Å². The Bertz CT molecular complexity index is 833. The zero-order valence-electron chi connectivity index (χ0n) is 19.3. The smallest absolute Gasteiger partial charge is 0.141 e. The number of ketones is 2. The van der Waals surface area contributed by atoms with E-state index in [1.165, 1.54) is 44.1 Å². The average Bonchev–Trinajstić information content (AvgIpc) is 3.29. The minimum absolute atomic E-state index is 0.0303. The van der Waals surface area contributed by atoms with Crippen molar-refractivity contribution in [3.8, 4) is 5.75 Å². The molecule has 5 aliphatic rings. The van der Waals surface area contributed by atoms with Crippen molar-refractivity contribution in [2.45, 2.75) is 82.7 Å². The summed E-state index contributed by atoms with van der Waals surface area (Å²) >= 11 is 0. The summed E-state index contributed by atoms with van der Waals surface area (Å²) in [5.74, 6) is 3.07. The Hall–Kier alpha value is -1.68. The van der Waals surface area contributed by atoms with E-state index >= 15 is 0 Å². The first-order valence-electron chi connectivity index (χ1n) is 13.2. The maximum Gasteiger partial charge on any atom is 0.141 e. The summed E-state index contributed by atoms with van der Waals surface area (Å²) in [7, 11) is 0. The summed E-state index contributed by atoms with van der Waals surface area (Å²) in [6, 6.07) is 8.91. The number of carbonyl (C=O) groups excluding carboxylic acids is 2. The van der Waals surface area contributed by atoms with Crippen molar-refractivity contribution in [1.29, 1.82) is 0 Å². The SMILES string of the molecule is CCCOc1ccc(C2C3C(=O)C4CCCCC4C3NC3C4CCCCC4C(=O)C32)cc1. The van der Waals surface area contributed by atoms with Gasteiger partial charge in [0.15, 0.2) is 0 Å². The number of hydrogen-bond donors (Lipinski definition) is 1. The maximum atomic E-state index is 13.8. The molecule has 6 rings (SSSR count). The molecule has 8 atom stereocenters. The van der Waals surface area contributed by atoms with Gasteiger partial charge in [-0.2, -0.15) is 0 Å². The van der Waals surface area contributed by atoms with Gasteiger partial charge in [-0.15, -0.1) is 0 Å². The van der Waals surface area contributed by atoms with Gasteiger partial charge < -0.3 is 10.1 Å². The fourth-order valence-corrected chi connectivity index (χ4v) is 8.39. The third-order valence-corrected chi connectivity index (χ3v) is 9.62. The summed E-state index contributed by atoms with van der Waals surface area (Å²) in [6.07, 6.45) is 10.3. The molecule has 4 nitrogen and oxygen atoms in total. The highest BCUT2D eigenvalue weighted by molar-refractivity contribution is 5.93. The summed E-state index contributed by atoms with van der Waals surface area (Å²) < 4.78 is 5.82. The number of fused-ring (bicyclic) bond motifs is 6. The molecule has 1 saturated heterocycles. The Morgan fingerprint density at radius 3 is 1.84 bits per heavy atom. The van der Waals surface area contributed by atoms with Gasteiger partial charge in [-0.05, 0) is 61.6 Å². The van der Waals surface area contributed by atoms with Gasteiger partial charge in [0.05, 0.1) is 6.61 Å². The Morgan fingerprint density at radius 2 is 1.31 bits per heavy atom. The molecule has 4 heteroatoms. The van der Waals surface area contributed by atoms with Crippen molar-refractivity contribution in [3.05, 3.63) is 29.8 Å². The summed E-state index contributed by atoms with van der Waals surface area (Å²) in [4.78, 5) is 27.6. The molecule has 4 saturated carbocycles. The van der Waals surface area contributed by atoms with Crippen LogP contribution in [0.15, 0.2) is 24.3 Å². The van der Waals surface area contributed by atoms with Crippen LogP contribution in [-0.2, 0) is 9.59 Å². The molecule has 1 heterocycles. The van der Waals surface area contributed by atoms with Crippen LogP contribution in [0.25, 0.3) is 0 Å². The van der Waals surface area contributed by atoms with E-state index in [9.17, 15) is 9.59 Å². The Morgan fingerprint density at radius 1 is 0.781 bits per heavy atom. The number of Topliss-reactive ketones (excluding diaryl/α,β-unsaturated/α-hetero) is 2. The molecule has 1 aromatic carbocycles. The predicted octanol–water partition coefficient (Wildman–Crippen LogP) is 4.91. The molecule has 0 amide bonds. The molecule has 1 N–H and O–H groups in total. The quantitative estimate of drug-likeness (QED) is 0.730. The van der Waals surface area contributed by atoms with Crippen molar-refractivity contribution in [1.82, 2.24) is 5.32 Å². The van der Waals surface area contributed by atoms with Crippen LogP contribution < -0.4 is 10.1 Å². The van der Waals surface area contributed by atoms with Crippen LogP contribution in [0, 0.1) is 35.5 Å². The predicted molar refractivity (Wildman–Crippen MR) is 124 cm³/mol. The Kier molecular flexibility index (Phi) is 5.40. The minimum atomic E-state index is -0.0455. The Balaban J connectivity index is 1.40. The second-order valence-corrected chi connectivity index (χ2v) is 11.1. The van der Waals surface area contributed by atoms with Crippen LogP contribution in [0.3, 0.4) is 0 Å². The maximum absolute atomic E-state index is 13.8. The highest BCUT2D eigenvalue weighted by Crippen LogP contribution is 2.58. The lowest BCUT2D eigenvalue weighted by Gasteiger charge is -2.45. The molecule has 32 heavy (non-hydrogen) atoms. The molecule has 0 radical (unpaired) electrons. The zero-order chi connectivity index (χ0) is 21.8. The van der Waals surface area contributed by atoms with E-state index in [0.717, 1.165) is 25.0 Å². The molecule has 4 aliphatic carbocycles. The molecule has 0 spiro atoms. The number of ether oxygens (including phenoxy) is 1. The molecule has 172 valence electrons. The molecule has 1 aliphatic heterocycles. The molecule has 1 aromatic rings. The number of rotatable bonds is 4. The lowest BCUT2D eigenvalue weighted by Crippen LogP contribution is -2.58. The standard InChI is InChI=1S/C28H37NO3/c1-2-15-32-17-13-11-16(12-14-17)22-23-25(18-7-3-5-9-20(18)27(23)30)29-26-19-8-4-6-10-21(19)28(31)24(22)26/h11-14,18-26,29H,2-10,15H2,1H3. The van der Waals surface area contributed by atoms with E-state index in [1.54, 1.807) is 0 Å². The first-order chi connectivity index (χ1) is 15.7. The van der Waals surface area contributed by atoms with Gasteiger partial charge in [0.2, 0.25) is 0 Å². The lowest BCUT2D eigenvalue weighted by atomic mass is 9.67. The van der Waals surface area contributed by atoms with Gasteiger partial charge in [-0.1, -0.05) is 44.7 Å². The van der Waals surface area contributed by atoms with E-state index in [1.807, 2.05) is 0 Å². The van der Waals surface area contributed by atoms with Crippen molar-refractivity contribution < 1.29 is 14.3 Å². The van der Waals surface area contributed by atoms with Gasteiger partial charge in [0, 0.05) is 41.7 Å². The topological polar surface area (TPSA) is 55.4 Å². The fourth-order valence-electron chi connectivity index (χ4n) is 8.39. The van der Waals surface area contributed by atoms with E-state index in [0.29, 0.717) is 30.0 Å². The van der Waals surface area contributed by atoms with Crippen molar-refractivity contribution in [2.75, 3.05) is 6.61 Å². The van der Waals surface area contributed by atoms with Crippen LogP contribution in [0.5, 0.6) is 5.75 Å². The molecule has 8 unspecified atom stereocenters. The normalized spacial score (nSPS) is 42.7. The highest BCUT2D eigenvalue weighted by atomic mass is 16.5. The third-order valence-electron chi connectivity index (χ3n) is 9.62. The fraction of sp³-hybridized carbons (Fsp3) is 0.714. The molecule has 0 aromatic heterocycles. The largest absolute Gasteiger partial charge is 0.494 e. The first kappa shape index (κ1) is 20.9. The monoisotopic (exact) mass is 435 g/mol. The molecular weight excluding hydrogens is 398 g/mol. The zero-order valence-corrected chi connectivity index (χ0v) is 19.3. The minimum Gasteiger partial charge on any atom is -0.494 e. The second kappa shape index (κ2) is 8.27. The van der Waals surface area contributed by atoms with Gasteiger partial charge in [0.25, 0.3) is 0 Å². The number of hydrogen-bond acceptors (Lipinski definition) is 4. The van der Waals surface area contributed by atoms with Crippen molar-refractivity contribution in [3.63, 3.8) is 0 Å². The van der Waals surface area contributed by atoms with E-state index < -0.39 is 0 Å². The van der Waals surface area contributed by atoms with Crippen LogP contribution in [0.4, 0.5) is 0 Å². The first-order valence-corrected chi connectivity index (χ1v) is 13.2. The number of carbonyl (C=O) groups is 2. The van der Waals surface area contributed by atoms with Crippen LogP contribution >= 0.6 is 0 Å². The summed E-state index contributed by atoms with van der Waals surface area (Å²) in [6.45, 7) is 2.83. The van der Waals surface area contributed by atoms with E-state index in [-0.39, 0.29) is 41.7 Å². The van der Waals surface area contributed by atoms with E-state index in [4.69, 9.17) is 4.74 Å². The highest BCUT2D eigenvalue weighted by Gasteiger charge is 2.64. The number of nitrogens with one attached hydrogen (secondary N) is 1. The Labute approximate surface area is 191 Å². The van der Waals surface area contributed by atoms with Gasteiger partial charge in [-0.3, -0.25) is 9.59 Å². The van der Waals surface area contributed by atoms with Gasteiger partial charge in [-0.25, -0.2) is 0 Å². The van der Waals surface area contributed by atoms with Crippen LogP contribution in [-0.4, -0.2) is 30.3 Å². The number of piperidine rings is 1. The van der Waals surface area contributed by atoms with Gasteiger partial charge >= 0.3 is 0 Å². The van der Waals surface area contributed by atoms with Crippen molar-refractivity contribution >= 4 is 11.6 Å². The molecular formula is C28H37NO3. The molecule has 5 fully saturated rings. The molecule has 0 bridgehead atoms. The second-order valence-electron chi connectivity index (χ2n) is 11.1. The van der Waals surface area contributed by atoms with Crippen LogP contribution in [0.2, 0.25) is 0 Å². The number of benzene rings is 1. The van der Waals surface area contributed by atoms with Crippen LogP contribution in [0.1, 0.15) is 76.2 Å². The summed E-state index contributed by atoms with van der Waals surface area (Å²) in [5, 5.41) is 4.01. The van der Waals surface area contributed by atoms with Gasteiger partial charge in [0.1, 0.15) is 17.3 Å². The average molecular weight is 436 g/mol.